The molecule has 1 aliphatic rings. The van der Waals surface area contributed by atoms with Crippen LogP contribution >= 0.6 is 0 Å². The van der Waals surface area contributed by atoms with E-state index in [1.807, 2.05) is 0 Å². The summed E-state index contributed by atoms with van der Waals surface area (Å²) in [6, 6.07) is 6.46. The zero-order chi connectivity index (χ0) is 20.8. The highest BCUT2D eigenvalue weighted by molar-refractivity contribution is 6.09. The molecule has 2 N–H and O–H groups in total. The lowest BCUT2D eigenvalue weighted by Crippen LogP contribution is -2.41. The quantitative estimate of drug-likeness (QED) is 0.725. The van der Waals surface area contributed by atoms with Crippen LogP contribution in [-0.4, -0.2) is 34.0 Å². The van der Waals surface area contributed by atoms with Gasteiger partial charge >= 0.3 is 0 Å². The number of carbonyl (C=O) groups is 1. The molecule has 0 radical (unpaired) electrons. The first-order chi connectivity index (χ1) is 13.8. The summed E-state index contributed by atoms with van der Waals surface area (Å²) in [5.74, 6) is -1.29. The summed E-state index contributed by atoms with van der Waals surface area (Å²) in [5.41, 5.74) is 4.27. The zero-order valence-corrected chi connectivity index (χ0v) is 15.0. The van der Waals surface area contributed by atoms with Crippen molar-refractivity contribution in [1.82, 2.24) is 15.0 Å². The van der Waals surface area contributed by atoms with E-state index in [0.29, 0.717) is 0 Å². The molecule has 148 valence electrons. The van der Waals surface area contributed by atoms with Crippen molar-refractivity contribution in [3.05, 3.63) is 71.5 Å². The second kappa shape index (κ2) is 6.73. The minimum Gasteiger partial charge on any atom is -0.369 e. The molecule has 2 aromatic heterocycles. The number of amides is 1. The van der Waals surface area contributed by atoms with Crippen molar-refractivity contribution >= 4 is 11.9 Å². The third-order valence-corrected chi connectivity index (χ3v) is 4.77. The average Bonchev–Trinajstić information content (AvgIpc) is 3.32. The van der Waals surface area contributed by atoms with Gasteiger partial charge in [0.25, 0.3) is 12.3 Å². The molecule has 0 fully saturated rings. The van der Waals surface area contributed by atoms with Gasteiger partial charge in [-0.3, -0.25) is 14.7 Å². The van der Waals surface area contributed by atoms with Gasteiger partial charge < -0.3 is 10.3 Å². The molecule has 29 heavy (non-hydrogen) atoms. The Kier molecular flexibility index (Phi) is 4.33. The molecular weight excluding hydrogens is 387 g/mol. The van der Waals surface area contributed by atoms with E-state index in [1.54, 1.807) is 0 Å². The number of carbonyl (C=O) groups excluding carboxylic acids is 1. The lowest BCUT2D eigenvalue weighted by molar-refractivity contribution is -0.129. The van der Waals surface area contributed by atoms with E-state index in [2.05, 4.69) is 15.1 Å². The third-order valence-electron chi connectivity index (χ3n) is 4.77. The van der Waals surface area contributed by atoms with Gasteiger partial charge in [-0.1, -0.05) is 11.2 Å². The topological polar surface area (TPSA) is 97.6 Å². The van der Waals surface area contributed by atoms with Crippen LogP contribution in [0.25, 0.3) is 11.3 Å². The maximum Gasteiger partial charge on any atom is 0.266 e. The molecule has 1 amide bonds. The van der Waals surface area contributed by atoms with Gasteiger partial charge in [-0.05, 0) is 23.8 Å². The normalized spacial score (nSPS) is 19.1. The minimum atomic E-state index is -2.80. The standard InChI is InChI=1S/C19H14F3N5O2/c1-27-17(28)19(25-18(27)23,12-6-10(16(21)22)8-24-9-12)11-2-3-14(20)13(7-11)15-4-5-29-26-15/h2-9,16H,1H3,(H2,23,25). The van der Waals surface area contributed by atoms with Gasteiger partial charge in [0.15, 0.2) is 11.5 Å². The first kappa shape index (κ1) is 18.7. The lowest BCUT2D eigenvalue weighted by atomic mass is 9.82. The van der Waals surface area contributed by atoms with Crippen LogP contribution in [0, 0.1) is 5.82 Å². The number of guanidine groups is 1. The first-order valence-corrected chi connectivity index (χ1v) is 8.42. The van der Waals surface area contributed by atoms with Crippen LogP contribution in [0.1, 0.15) is 23.1 Å². The molecule has 0 saturated heterocycles. The number of aromatic nitrogens is 2. The average molecular weight is 401 g/mol. The van der Waals surface area contributed by atoms with Crippen molar-refractivity contribution in [3.63, 3.8) is 0 Å². The summed E-state index contributed by atoms with van der Waals surface area (Å²) in [5, 5.41) is 3.71. The first-order valence-electron chi connectivity index (χ1n) is 8.42. The fraction of sp³-hybridized carbons (Fsp3) is 0.158. The van der Waals surface area contributed by atoms with E-state index in [0.717, 1.165) is 23.2 Å². The Morgan fingerprint density at radius 1 is 1.17 bits per heavy atom. The SMILES string of the molecule is CN1C(=O)C(c2cncc(C(F)F)c2)(c2ccc(F)c(-c3ccon3)c2)N=C1N. The predicted octanol–water partition coefficient (Wildman–Crippen LogP) is 2.84. The van der Waals surface area contributed by atoms with E-state index in [-0.39, 0.29) is 33.9 Å². The number of pyridine rings is 1. The van der Waals surface area contributed by atoms with E-state index in [4.69, 9.17) is 10.3 Å². The third kappa shape index (κ3) is 2.84. The highest BCUT2D eigenvalue weighted by atomic mass is 19.3. The van der Waals surface area contributed by atoms with Crippen molar-refractivity contribution < 1.29 is 22.5 Å². The Balaban J connectivity index is 1.98. The molecule has 1 aromatic carbocycles. The lowest BCUT2D eigenvalue weighted by Gasteiger charge is -2.26. The second-order valence-corrected chi connectivity index (χ2v) is 6.43. The van der Waals surface area contributed by atoms with Crippen molar-refractivity contribution in [2.45, 2.75) is 12.0 Å². The number of hydrogen-bond donors (Lipinski definition) is 1. The fourth-order valence-corrected chi connectivity index (χ4v) is 3.26. The summed E-state index contributed by atoms with van der Waals surface area (Å²) in [7, 11) is 1.41. The number of alkyl halides is 2. The Bertz CT molecular complexity index is 1120. The molecule has 1 aliphatic heterocycles. The maximum absolute atomic E-state index is 14.4. The molecule has 7 nitrogen and oxygen atoms in total. The predicted molar refractivity (Wildman–Crippen MR) is 96.3 cm³/mol. The Morgan fingerprint density at radius 2 is 1.97 bits per heavy atom. The highest BCUT2D eigenvalue weighted by Crippen LogP contribution is 2.41. The van der Waals surface area contributed by atoms with E-state index >= 15 is 0 Å². The molecule has 3 aromatic rings. The van der Waals surface area contributed by atoms with Crippen LogP contribution in [0.3, 0.4) is 0 Å². The highest BCUT2D eigenvalue weighted by Gasteiger charge is 2.50. The molecule has 10 heteroatoms. The van der Waals surface area contributed by atoms with Crippen molar-refractivity contribution in [1.29, 1.82) is 0 Å². The van der Waals surface area contributed by atoms with Gasteiger partial charge in [0.2, 0.25) is 0 Å². The number of likely N-dealkylation sites (N-methyl/N-ethyl adjacent to an activating group) is 1. The minimum absolute atomic E-state index is 0.0599. The smallest absolute Gasteiger partial charge is 0.266 e. The second-order valence-electron chi connectivity index (χ2n) is 6.43. The van der Waals surface area contributed by atoms with Gasteiger partial charge in [-0.2, -0.15) is 0 Å². The van der Waals surface area contributed by atoms with E-state index in [9.17, 15) is 18.0 Å². The number of hydrogen-bond acceptors (Lipinski definition) is 6. The number of benzene rings is 1. The summed E-state index contributed by atoms with van der Waals surface area (Å²) in [4.78, 5) is 22.4. The van der Waals surface area contributed by atoms with E-state index < -0.39 is 23.7 Å². The molecule has 3 heterocycles. The van der Waals surface area contributed by atoms with Gasteiger partial charge in [-0.15, -0.1) is 0 Å². The zero-order valence-electron chi connectivity index (χ0n) is 15.0. The maximum atomic E-state index is 14.4. The molecule has 4 rings (SSSR count). The van der Waals surface area contributed by atoms with Gasteiger partial charge in [0.1, 0.15) is 17.8 Å². The fourth-order valence-electron chi connectivity index (χ4n) is 3.26. The Morgan fingerprint density at radius 3 is 2.59 bits per heavy atom. The van der Waals surface area contributed by atoms with Gasteiger partial charge in [0.05, 0.1) is 0 Å². The largest absolute Gasteiger partial charge is 0.369 e. The van der Waals surface area contributed by atoms with E-state index in [1.165, 1.54) is 37.7 Å². The molecule has 1 unspecified atom stereocenters. The number of aliphatic imine (C=N–C) groups is 1. The summed E-state index contributed by atoms with van der Waals surface area (Å²) in [6.45, 7) is 0. The van der Waals surface area contributed by atoms with Crippen LogP contribution in [0.4, 0.5) is 13.2 Å². The molecular formula is C19H14F3N5O2. The molecule has 1 atom stereocenters. The number of halogens is 3. The summed E-state index contributed by atoms with van der Waals surface area (Å²) < 4.78 is 45.7. The van der Waals surface area contributed by atoms with Crippen LogP contribution in [0.5, 0.6) is 0 Å². The van der Waals surface area contributed by atoms with Crippen molar-refractivity contribution in [2.24, 2.45) is 10.7 Å². The number of rotatable bonds is 4. The van der Waals surface area contributed by atoms with Crippen LogP contribution < -0.4 is 5.73 Å². The Labute approximate surface area is 162 Å². The van der Waals surface area contributed by atoms with Crippen molar-refractivity contribution in [3.8, 4) is 11.3 Å². The molecule has 0 bridgehead atoms. The van der Waals surface area contributed by atoms with Crippen molar-refractivity contribution in [2.75, 3.05) is 7.05 Å². The van der Waals surface area contributed by atoms with Crippen LogP contribution in [-0.2, 0) is 10.3 Å². The van der Waals surface area contributed by atoms with Crippen LogP contribution in [0.2, 0.25) is 0 Å². The number of nitrogens with zero attached hydrogens (tertiary/aromatic N) is 4. The summed E-state index contributed by atoms with van der Waals surface area (Å²) in [6.07, 6.45) is 0.745. The molecule has 0 saturated carbocycles. The van der Waals surface area contributed by atoms with Gasteiger partial charge in [-0.25, -0.2) is 18.2 Å². The Hall–Kier alpha value is -3.69. The number of nitrogens with two attached hydrogens (primary N) is 1. The monoisotopic (exact) mass is 401 g/mol. The summed E-state index contributed by atoms with van der Waals surface area (Å²) >= 11 is 0. The van der Waals surface area contributed by atoms with Crippen LogP contribution in [0.15, 0.2) is 58.5 Å². The van der Waals surface area contributed by atoms with Gasteiger partial charge in [0, 0.05) is 42.2 Å². The molecule has 0 aliphatic carbocycles. The molecule has 0 spiro atoms.